The number of piperidine rings is 1. The summed E-state index contributed by atoms with van der Waals surface area (Å²) < 4.78 is 6.09. The number of benzene rings is 3. The lowest BCUT2D eigenvalue weighted by Gasteiger charge is -2.33. The highest BCUT2D eigenvalue weighted by molar-refractivity contribution is 6.30. The summed E-state index contributed by atoms with van der Waals surface area (Å²) in [5.74, 6) is 1.17. The molecule has 1 aromatic heterocycles. The number of amides is 2. The number of carbonyl (C=O) groups is 2. The van der Waals surface area contributed by atoms with Crippen molar-refractivity contribution in [2.75, 3.05) is 31.5 Å². The van der Waals surface area contributed by atoms with Crippen LogP contribution in [0, 0.1) is 13.8 Å². The summed E-state index contributed by atoms with van der Waals surface area (Å²) in [5, 5.41) is 6.44. The number of anilines is 1. The van der Waals surface area contributed by atoms with E-state index in [1.54, 1.807) is 54.7 Å². The largest absolute Gasteiger partial charge is 0.487 e. The van der Waals surface area contributed by atoms with Crippen molar-refractivity contribution in [1.82, 2.24) is 15.2 Å². The molecule has 3 aromatic carbocycles. The van der Waals surface area contributed by atoms with Gasteiger partial charge in [-0.1, -0.05) is 23.7 Å². The summed E-state index contributed by atoms with van der Waals surface area (Å²) in [7, 11) is 0. The van der Waals surface area contributed by atoms with Gasteiger partial charge in [0, 0.05) is 34.6 Å². The Kier molecular flexibility index (Phi) is 11.2. The maximum atomic E-state index is 12.6. The number of nitrogens with one attached hydrogen (secondary N) is 2. The first-order valence-electron chi connectivity index (χ1n) is 15.7. The van der Waals surface area contributed by atoms with Crippen LogP contribution in [0.15, 0.2) is 85.1 Å². The molecule has 2 amide bonds. The summed E-state index contributed by atoms with van der Waals surface area (Å²) >= 11 is 5.89. The lowest BCUT2D eigenvalue weighted by molar-refractivity contribution is 0.0951. The molecule has 0 radical (unpaired) electrons. The molecule has 0 unspecified atom stereocenters. The van der Waals surface area contributed by atoms with Crippen LogP contribution in [0.4, 0.5) is 5.69 Å². The number of hydrogen-bond acceptors (Lipinski definition) is 5. The number of halogens is 1. The van der Waals surface area contributed by atoms with Gasteiger partial charge in [-0.3, -0.25) is 14.6 Å². The molecule has 7 nitrogen and oxygen atoms in total. The molecule has 1 aliphatic heterocycles. The molecule has 1 fully saturated rings. The van der Waals surface area contributed by atoms with E-state index >= 15 is 0 Å². The number of rotatable bonds is 12. The molecule has 4 aromatic rings. The lowest BCUT2D eigenvalue weighted by Crippen LogP contribution is -2.34. The minimum atomic E-state index is -0.227. The molecule has 234 valence electrons. The van der Waals surface area contributed by atoms with Gasteiger partial charge < -0.3 is 20.3 Å². The predicted molar refractivity (Wildman–Crippen MR) is 180 cm³/mol. The number of aryl methyl sites for hydroxylation is 2. The fourth-order valence-corrected chi connectivity index (χ4v) is 5.91. The van der Waals surface area contributed by atoms with Gasteiger partial charge in [0.25, 0.3) is 11.8 Å². The molecular formula is C37H41ClN4O3. The van der Waals surface area contributed by atoms with E-state index in [-0.39, 0.29) is 11.8 Å². The van der Waals surface area contributed by atoms with E-state index in [0.717, 1.165) is 56.8 Å². The Balaban J connectivity index is 0.986. The number of ether oxygens (including phenoxy) is 1. The predicted octanol–water partition coefficient (Wildman–Crippen LogP) is 7.57. The van der Waals surface area contributed by atoms with Gasteiger partial charge in [-0.25, -0.2) is 0 Å². The van der Waals surface area contributed by atoms with Crippen LogP contribution in [0.5, 0.6) is 5.75 Å². The van der Waals surface area contributed by atoms with Crippen LogP contribution in [-0.4, -0.2) is 47.9 Å². The van der Waals surface area contributed by atoms with Gasteiger partial charge in [0.1, 0.15) is 12.4 Å². The number of pyridine rings is 1. The Labute approximate surface area is 271 Å². The van der Waals surface area contributed by atoms with Crippen molar-refractivity contribution < 1.29 is 14.3 Å². The van der Waals surface area contributed by atoms with Gasteiger partial charge in [-0.05, 0) is 149 Å². The molecule has 5 rings (SSSR count). The Morgan fingerprint density at radius 3 is 2.31 bits per heavy atom. The van der Waals surface area contributed by atoms with Crippen molar-refractivity contribution in [2.24, 2.45) is 0 Å². The normalized spacial score (nSPS) is 13.8. The summed E-state index contributed by atoms with van der Waals surface area (Å²) in [5.41, 5.74) is 6.55. The zero-order valence-electron chi connectivity index (χ0n) is 26.0. The van der Waals surface area contributed by atoms with E-state index in [1.165, 1.54) is 16.7 Å². The molecule has 0 saturated carbocycles. The first-order chi connectivity index (χ1) is 21.9. The minimum Gasteiger partial charge on any atom is -0.487 e. The van der Waals surface area contributed by atoms with Crippen LogP contribution in [-0.2, 0) is 6.61 Å². The van der Waals surface area contributed by atoms with Gasteiger partial charge in [0.15, 0.2) is 0 Å². The molecule has 2 heterocycles. The third-order valence-corrected chi connectivity index (χ3v) is 8.64. The Morgan fingerprint density at radius 2 is 1.60 bits per heavy atom. The molecule has 1 saturated heterocycles. The fraction of sp³-hybridized carbons (Fsp3) is 0.324. The summed E-state index contributed by atoms with van der Waals surface area (Å²) in [6.45, 7) is 8.66. The molecule has 2 N–H and O–H groups in total. The van der Waals surface area contributed by atoms with Gasteiger partial charge in [0.2, 0.25) is 0 Å². The van der Waals surface area contributed by atoms with Crippen LogP contribution in [0.1, 0.15) is 74.7 Å². The SMILES string of the molecule is Cc1cc(C2CCN(CCCCNC(=O)c3ccc(NC(=O)c4ccc(Cl)cc4)cc3)CC2)c(C)cc1OCc1ccccn1. The van der Waals surface area contributed by atoms with Crippen molar-refractivity contribution >= 4 is 29.1 Å². The first kappa shape index (κ1) is 32.2. The molecule has 8 heteroatoms. The molecule has 0 atom stereocenters. The summed E-state index contributed by atoms with van der Waals surface area (Å²) in [6.07, 6.45) is 6.07. The van der Waals surface area contributed by atoms with Gasteiger partial charge in [0.05, 0.1) is 5.69 Å². The van der Waals surface area contributed by atoms with Gasteiger partial charge in [-0.2, -0.15) is 0 Å². The second kappa shape index (κ2) is 15.7. The average molecular weight is 625 g/mol. The number of likely N-dealkylation sites (tertiary alicyclic amines) is 1. The molecule has 0 spiro atoms. The number of hydrogen-bond donors (Lipinski definition) is 2. The number of nitrogens with zero attached hydrogens (tertiary/aromatic N) is 2. The highest BCUT2D eigenvalue weighted by atomic mass is 35.5. The Hall–Kier alpha value is -4.20. The molecule has 45 heavy (non-hydrogen) atoms. The van der Waals surface area contributed by atoms with Crippen molar-refractivity contribution in [3.63, 3.8) is 0 Å². The van der Waals surface area contributed by atoms with Crippen LogP contribution in [0.3, 0.4) is 0 Å². The summed E-state index contributed by atoms with van der Waals surface area (Å²) in [6, 6.07) is 24.0. The second-order valence-corrected chi connectivity index (χ2v) is 12.1. The summed E-state index contributed by atoms with van der Waals surface area (Å²) in [4.78, 5) is 31.9. The maximum absolute atomic E-state index is 12.6. The van der Waals surface area contributed by atoms with Crippen LogP contribution >= 0.6 is 11.6 Å². The Morgan fingerprint density at radius 1 is 0.889 bits per heavy atom. The van der Waals surface area contributed by atoms with Gasteiger partial charge >= 0.3 is 0 Å². The van der Waals surface area contributed by atoms with Crippen LogP contribution in [0.2, 0.25) is 5.02 Å². The third kappa shape index (κ3) is 9.16. The number of carbonyl (C=O) groups excluding carboxylic acids is 2. The standard InChI is InChI=1S/C37H41ClN4O3/c1-26-24-35(45-25-33-7-3-4-18-39-33)27(2)23-34(26)28-16-21-42(22-17-28)20-6-5-19-40-36(43)29-10-14-32(15-11-29)41-37(44)30-8-12-31(38)13-9-30/h3-4,7-15,18,23-24,28H,5-6,16-17,19-22,25H2,1-2H3,(H,40,43)(H,41,44). The molecule has 1 aliphatic rings. The number of aromatic nitrogens is 1. The smallest absolute Gasteiger partial charge is 0.255 e. The molecule has 0 bridgehead atoms. The topological polar surface area (TPSA) is 83.6 Å². The van der Waals surface area contributed by atoms with E-state index < -0.39 is 0 Å². The zero-order valence-corrected chi connectivity index (χ0v) is 26.8. The molecule has 0 aliphatic carbocycles. The van der Waals surface area contributed by atoms with Crippen molar-refractivity contribution in [3.8, 4) is 5.75 Å². The maximum Gasteiger partial charge on any atom is 0.255 e. The van der Waals surface area contributed by atoms with Gasteiger partial charge in [-0.15, -0.1) is 0 Å². The highest BCUT2D eigenvalue weighted by Crippen LogP contribution is 2.34. The van der Waals surface area contributed by atoms with E-state index in [9.17, 15) is 9.59 Å². The van der Waals surface area contributed by atoms with E-state index in [1.807, 2.05) is 18.2 Å². The van der Waals surface area contributed by atoms with E-state index in [4.69, 9.17) is 16.3 Å². The third-order valence-electron chi connectivity index (χ3n) is 8.39. The fourth-order valence-electron chi connectivity index (χ4n) is 5.78. The Bertz CT molecular complexity index is 1570. The van der Waals surface area contributed by atoms with Crippen molar-refractivity contribution in [3.05, 3.63) is 124 Å². The quantitative estimate of drug-likeness (QED) is 0.159. The van der Waals surface area contributed by atoms with Crippen LogP contribution in [0.25, 0.3) is 0 Å². The first-order valence-corrected chi connectivity index (χ1v) is 16.0. The minimum absolute atomic E-state index is 0.106. The highest BCUT2D eigenvalue weighted by Gasteiger charge is 2.22. The van der Waals surface area contributed by atoms with E-state index in [0.29, 0.717) is 40.9 Å². The second-order valence-electron chi connectivity index (χ2n) is 11.7. The van der Waals surface area contributed by atoms with Crippen LogP contribution < -0.4 is 15.4 Å². The van der Waals surface area contributed by atoms with Crippen molar-refractivity contribution in [1.29, 1.82) is 0 Å². The zero-order chi connectivity index (χ0) is 31.6. The monoisotopic (exact) mass is 624 g/mol. The van der Waals surface area contributed by atoms with Crippen molar-refractivity contribution in [2.45, 2.75) is 52.1 Å². The molecular weight excluding hydrogens is 584 g/mol. The average Bonchev–Trinajstić information content (AvgIpc) is 3.06. The van der Waals surface area contributed by atoms with E-state index in [2.05, 4.69) is 46.5 Å². The number of unbranched alkanes of at least 4 members (excludes halogenated alkanes) is 1. The lowest BCUT2D eigenvalue weighted by atomic mass is 9.85.